The lowest BCUT2D eigenvalue weighted by Gasteiger charge is -2.30. The Hall–Kier alpha value is -0.610. The highest BCUT2D eigenvalue weighted by Gasteiger charge is 2.47. The van der Waals surface area contributed by atoms with Gasteiger partial charge in [-0.25, -0.2) is 0 Å². The Morgan fingerprint density at radius 2 is 1.92 bits per heavy atom. The van der Waals surface area contributed by atoms with E-state index in [1.54, 1.807) is 0 Å². The second-order valence-electron chi connectivity index (χ2n) is 3.53. The van der Waals surface area contributed by atoms with Crippen LogP contribution in [-0.4, -0.2) is 35.0 Å². The van der Waals surface area contributed by atoms with Crippen molar-refractivity contribution >= 4 is 5.97 Å². The summed E-state index contributed by atoms with van der Waals surface area (Å²) in [6, 6.07) is 0. The lowest BCUT2D eigenvalue weighted by atomic mass is 9.77. The first-order chi connectivity index (χ1) is 5.70. The first kappa shape index (κ1) is 8.01. The molecule has 4 heteroatoms. The van der Waals surface area contributed by atoms with Crippen molar-refractivity contribution in [1.82, 2.24) is 0 Å². The van der Waals surface area contributed by atoms with Gasteiger partial charge in [-0.05, 0) is 12.8 Å². The van der Waals surface area contributed by atoms with Gasteiger partial charge in [-0.15, -0.1) is 0 Å². The van der Waals surface area contributed by atoms with Gasteiger partial charge in [0.2, 0.25) is 0 Å². The molecular weight excluding hydrogens is 160 g/mol. The molecule has 0 amide bonds. The van der Waals surface area contributed by atoms with Crippen molar-refractivity contribution in [3.8, 4) is 0 Å². The van der Waals surface area contributed by atoms with E-state index in [4.69, 9.17) is 4.74 Å². The maximum atomic E-state index is 11.1. The summed E-state index contributed by atoms with van der Waals surface area (Å²) in [6.07, 6.45) is -0.0330. The van der Waals surface area contributed by atoms with Crippen LogP contribution in [-0.2, 0) is 9.53 Å². The van der Waals surface area contributed by atoms with Crippen LogP contribution in [0.4, 0.5) is 0 Å². The third-order valence-corrected chi connectivity index (χ3v) is 2.82. The van der Waals surface area contributed by atoms with Gasteiger partial charge in [0, 0.05) is 5.92 Å². The van der Waals surface area contributed by atoms with Crippen LogP contribution in [0.5, 0.6) is 0 Å². The van der Waals surface area contributed by atoms with Crippen molar-refractivity contribution in [3.05, 3.63) is 0 Å². The highest BCUT2D eigenvalue weighted by Crippen LogP contribution is 2.35. The molecule has 1 saturated heterocycles. The summed E-state index contributed by atoms with van der Waals surface area (Å²) >= 11 is 0. The quantitative estimate of drug-likeness (QED) is 0.474. The molecule has 0 aromatic heterocycles. The van der Waals surface area contributed by atoms with Gasteiger partial charge < -0.3 is 14.9 Å². The first-order valence-electron chi connectivity index (χ1n) is 4.23. The first-order valence-corrected chi connectivity index (χ1v) is 4.23. The van der Waals surface area contributed by atoms with Crippen molar-refractivity contribution in [2.75, 3.05) is 6.61 Å². The molecule has 2 rings (SSSR count). The Labute approximate surface area is 70.1 Å². The number of fused-ring (bicyclic) bond motifs is 1. The Morgan fingerprint density at radius 3 is 2.58 bits per heavy atom. The summed E-state index contributed by atoms with van der Waals surface area (Å²) in [7, 11) is 0. The standard InChI is InChI=1S/C8H12O4/c9-5-1-2-6(10)7-4(5)3-12-8(7)11/h4-7,9-10H,1-3H2/t4-,5-,6+,7+/m1/s1. The molecule has 2 aliphatic rings. The zero-order chi connectivity index (χ0) is 8.72. The van der Waals surface area contributed by atoms with E-state index in [9.17, 15) is 15.0 Å². The van der Waals surface area contributed by atoms with Crippen LogP contribution in [0.3, 0.4) is 0 Å². The van der Waals surface area contributed by atoms with E-state index in [0.29, 0.717) is 12.8 Å². The summed E-state index contributed by atoms with van der Waals surface area (Å²) in [5, 5.41) is 18.9. The number of carbonyl (C=O) groups is 1. The second-order valence-corrected chi connectivity index (χ2v) is 3.53. The Morgan fingerprint density at radius 1 is 1.25 bits per heavy atom. The molecule has 1 aliphatic heterocycles. The molecule has 12 heavy (non-hydrogen) atoms. The van der Waals surface area contributed by atoms with Crippen LogP contribution < -0.4 is 0 Å². The van der Waals surface area contributed by atoms with Gasteiger partial charge >= 0.3 is 5.97 Å². The zero-order valence-corrected chi connectivity index (χ0v) is 6.64. The number of esters is 1. The molecule has 0 aromatic carbocycles. The van der Waals surface area contributed by atoms with Gasteiger partial charge in [-0.3, -0.25) is 4.79 Å². The molecule has 1 heterocycles. The van der Waals surface area contributed by atoms with Crippen molar-refractivity contribution in [2.24, 2.45) is 11.8 Å². The fourth-order valence-corrected chi connectivity index (χ4v) is 2.08. The minimum absolute atomic E-state index is 0.179. The molecule has 2 N–H and O–H groups in total. The van der Waals surface area contributed by atoms with E-state index in [1.165, 1.54) is 0 Å². The van der Waals surface area contributed by atoms with Crippen LogP contribution >= 0.6 is 0 Å². The predicted octanol–water partition coefficient (Wildman–Crippen LogP) is -0.709. The van der Waals surface area contributed by atoms with E-state index in [1.807, 2.05) is 0 Å². The molecule has 2 fully saturated rings. The van der Waals surface area contributed by atoms with Crippen LogP contribution in [0.15, 0.2) is 0 Å². The van der Waals surface area contributed by atoms with Crippen LogP contribution in [0.1, 0.15) is 12.8 Å². The van der Waals surface area contributed by atoms with Crippen molar-refractivity contribution in [3.63, 3.8) is 0 Å². The van der Waals surface area contributed by atoms with Crippen LogP contribution in [0.25, 0.3) is 0 Å². The van der Waals surface area contributed by atoms with Gasteiger partial charge in [0.05, 0.1) is 24.7 Å². The van der Waals surface area contributed by atoms with Gasteiger partial charge in [-0.2, -0.15) is 0 Å². The minimum Gasteiger partial charge on any atom is -0.465 e. The Balaban J connectivity index is 2.18. The smallest absolute Gasteiger partial charge is 0.312 e. The molecule has 1 aliphatic carbocycles. The monoisotopic (exact) mass is 172 g/mol. The van der Waals surface area contributed by atoms with E-state index in [2.05, 4.69) is 0 Å². The fraction of sp³-hybridized carbons (Fsp3) is 0.875. The van der Waals surface area contributed by atoms with Crippen LogP contribution in [0, 0.1) is 11.8 Å². The van der Waals surface area contributed by atoms with Gasteiger partial charge in [0.1, 0.15) is 0 Å². The van der Waals surface area contributed by atoms with E-state index in [-0.39, 0.29) is 18.5 Å². The Kier molecular flexibility index (Phi) is 1.81. The number of carbonyl (C=O) groups excluding carboxylic acids is 1. The average Bonchev–Trinajstić information content (AvgIpc) is 2.42. The predicted molar refractivity (Wildman–Crippen MR) is 39.2 cm³/mol. The molecular formula is C8H12O4. The molecule has 4 atom stereocenters. The normalized spacial score (nSPS) is 47.0. The lowest BCUT2D eigenvalue weighted by molar-refractivity contribution is -0.145. The number of aliphatic hydroxyl groups is 2. The van der Waals surface area contributed by atoms with Crippen LogP contribution in [0.2, 0.25) is 0 Å². The van der Waals surface area contributed by atoms with Gasteiger partial charge in [0.15, 0.2) is 0 Å². The topological polar surface area (TPSA) is 66.8 Å². The van der Waals surface area contributed by atoms with Gasteiger partial charge in [0.25, 0.3) is 0 Å². The average molecular weight is 172 g/mol. The molecule has 4 nitrogen and oxygen atoms in total. The second kappa shape index (κ2) is 2.71. The number of hydrogen-bond donors (Lipinski definition) is 2. The molecule has 68 valence electrons. The zero-order valence-electron chi connectivity index (χ0n) is 6.64. The highest BCUT2D eigenvalue weighted by atomic mass is 16.5. The Bertz CT molecular complexity index is 203. The number of cyclic esters (lactones) is 1. The largest absolute Gasteiger partial charge is 0.465 e. The van der Waals surface area contributed by atoms with Crippen molar-refractivity contribution in [1.29, 1.82) is 0 Å². The van der Waals surface area contributed by atoms with E-state index >= 15 is 0 Å². The number of aliphatic hydroxyl groups excluding tert-OH is 2. The summed E-state index contributed by atoms with van der Waals surface area (Å²) in [6.45, 7) is 0.266. The summed E-state index contributed by atoms with van der Waals surface area (Å²) in [5.74, 6) is -1.01. The molecule has 0 aromatic rings. The molecule has 0 bridgehead atoms. The third kappa shape index (κ3) is 1.03. The number of hydrogen-bond acceptors (Lipinski definition) is 4. The maximum Gasteiger partial charge on any atom is 0.312 e. The molecule has 1 saturated carbocycles. The maximum absolute atomic E-state index is 11.1. The minimum atomic E-state index is -0.617. The lowest BCUT2D eigenvalue weighted by Crippen LogP contribution is -2.41. The van der Waals surface area contributed by atoms with Crippen molar-refractivity contribution in [2.45, 2.75) is 25.0 Å². The molecule has 0 unspecified atom stereocenters. The van der Waals surface area contributed by atoms with Gasteiger partial charge in [-0.1, -0.05) is 0 Å². The number of ether oxygens (including phenoxy) is 1. The number of rotatable bonds is 0. The fourth-order valence-electron chi connectivity index (χ4n) is 2.08. The van der Waals surface area contributed by atoms with E-state index < -0.39 is 18.1 Å². The van der Waals surface area contributed by atoms with E-state index in [0.717, 1.165) is 0 Å². The summed E-state index contributed by atoms with van der Waals surface area (Å²) in [5.41, 5.74) is 0. The van der Waals surface area contributed by atoms with Crippen molar-refractivity contribution < 1.29 is 19.7 Å². The molecule has 0 spiro atoms. The third-order valence-electron chi connectivity index (χ3n) is 2.82. The highest BCUT2D eigenvalue weighted by molar-refractivity contribution is 5.75. The SMILES string of the molecule is O=C1OC[C@H]2[C@H]1[C@@H](O)CC[C@H]2O. The molecule has 0 radical (unpaired) electrons. The summed E-state index contributed by atoms with van der Waals surface area (Å²) < 4.78 is 4.78. The summed E-state index contributed by atoms with van der Waals surface area (Å²) in [4.78, 5) is 11.1.